The summed E-state index contributed by atoms with van der Waals surface area (Å²) in [6, 6.07) is 3.64. The molecule has 2 N–H and O–H groups in total. The summed E-state index contributed by atoms with van der Waals surface area (Å²) in [4.78, 5) is 8.03. The third kappa shape index (κ3) is 3.83. The van der Waals surface area contributed by atoms with Crippen molar-refractivity contribution in [3.8, 4) is 6.07 Å². The van der Waals surface area contributed by atoms with Crippen LogP contribution in [-0.4, -0.2) is 23.2 Å². The standard InChI is InChI=1S/C9H12N4O/c10-4-1-6-14-7-3-9-12-5-2-8(11)13-9/h2,5H,1,3,6-7H2,(H2,11,12,13). The fourth-order valence-electron chi connectivity index (χ4n) is 0.919. The van der Waals surface area contributed by atoms with Crippen LogP contribution in [0.3, 0.4) is 0 Å². The lowest BCUT2D eigenvalue weighted by atomic mass is 10.4. The molecule has 74 valence electrons. The van der Waals surface area contributed by atoms with Gasteiger partial charge < -0.3 is 10.5 Å². The molecule has 0 aliphatic rings. The monoisotopic (exact) mass is 192 g/mol. The summed E-state index contributed by atoms with van der Waals surface area (Å²) in [5, 5.41) is 8.25. The number of nitrogen functional groups attached to an aromatic ring is 1. The van der Waals surface area contributed by atoms with Crippen molar-refractivity contribution < 1.29 is 4.74 Å². The molecule has 0 aromatic carbocycles. The van der Waals surface area contributed by atoms with Gasteiger partial charge in [0.25, 0.3) is 0 Å². The lowest BCUT2D eigenvalue weighted by Crippen LogP contribution is -2.04. The average Bonchev–Trinajstić information content (AvgIpc) is 2.18. The molecule has 0 amide bonds. The Morgan fingerprint density at radius 2 is 2.36 bits per heavy atom. The first-order chi connectivity index (χ1) is 6.83. The Labute approximate surface area is 82.5 Å². The molecule has 0 saturated heterocycles. The van der Waals surface area contributed by atoms with Crippen LogP contribution >= 0.6 is 0 Å². The summed E-state index contributed by atoms with van der Waals surface area (Å²) >= 11 is 0. The first-order valence-corrected chi connectivity index (χ1v) is 4.35. The van der Waals surface area contributed by atoms with E-state index in [4.69, 9.17) is 15.7 Å². The van der Waals surface area contributed by atoms with Crippen molar-refractivity contribution in [2.24, 2.45) is 0 Å². The van der Waals surface area contributed by atoms with Gasteiger partial charge in [0.1, 0.15) is 11.6 Å². The highest BCUT2D eigenvalue weighted by molar-refractivity contribution is 5.24. The first kappa shape index (κ1) is 10.4. The molecule has 5 heteroatoms. The van der Waals surface area contributed by atoms with Crippen molar-refractivity contribution in [3.63, 3.8) is 0 Å². The zero-order valence-electron chi connectivity index (χ0n) is 7.81. The van der Waals surface area contributed by atoms with Crippen LogP contribution in [0.4, 0.5) is 5.82 Å². The molecule has 1 aromatic heterocycles. The molecular formula is C9H12N4O. The highest BCUT2D eigenvalue weighted by atomic mass is 16.5. The SMILES string of the molecule is N#CCCOCCc1nccc(N)n1. The molecule has 1 rings (SSSR count). The van der Waals surface area contributed by atoms with E-state index in [0.717, 1.165) is 0 Å². The van der Waals surface area contributed by atoms with E-state index in [0.29, 0.717) is 37.7 Å². The molecule has 0 fully saturated rings. The number of nitrogens with zero attached hydrogens (tertiary/aromatic N) is 3. The molecule has 14 heavy (non-hydrogen) atoms. The van der Waals surface area contributed by atoms with Gasteiger partial charge in [-0.05, 0) is 6.07 Å². The van der Waals surface area contributed by atoms with Crippen molar-refractivity contribution in [1.29, 1.82) is 5.26 Å². The molecule has 0 aliphatic heterocycles. The van der Waals surface area contributed by atoms with Crippen LogP contribution < -0.4 is 5.73 Å². The van der Waals surface area contributed by atoms with Crippen LogP contribution in [0.5, 0.6) is 0 Å². The van der Waals surface area contributed by atoms with Crippen LogP contribution in [0.2, 0.25) is 0 Å². The number of nitriles is 1. The van der Waals surface area contributed by atoms with Crippen molar-refractivity contribution in [2.45, 2.75) is 12.8 Å². The Morgan fingerprint density at radius 3 is 3.07 bits per heavy atom. The number of hydrogen-bond acceptors (Lipinski definition) is 5. The van der Waals surface area contributed by atoms with E-state index in [2.05, 4.69) is 9.97 Å². The van der Waals surface area contributed by atoms with Crippen molar-refractivity contribution >= 4 is 5.82 Å². The average molecular weight is 192 g/mol. The van der Waals surface area contributed by atoms with Crippen molar-refractivity contribution in [2.75, 3.05) is 18.9 Å². The topological polar surface area (TPSA) is 84.8 Å². The fourth-order valence-corrected chi connectivity index (χ4v) is 0.919. The van der Waals surface area contributed by atoms with E-state index >= 15 is 0 Å². The Balaban J connectivity index is 2.22. The third-order valence-electron chi connectivity index (χ3n) is 1.56. The van der Waals surface area contributed by atoms with E-state index in [9.17, 15) is 0 Å². The van der Waals surface area contributed by atoms with E-state index in [1.54, 1.807) is 12.3 Å². The molecule has 0 radical (unpaired) electrons. The maximum atomic E-state index is 8.25. The summed E-state index contributed by atoms with van der Waals surface area (Å²) in [7, 11) is 0. The van der Waals surface area contributed by atoms with E-state index in [1.165, 1.54) is 0 Å². The maximum Gasteiger partial charge on any atom is 0.132 e. The molecule has 0 spiro atoms. The summed E-state index contributed by atoms with van der Waals surface area (Å²) in [5.41, 5.74) is 5.48. The largest absolute Gasteiger partial charge is 0.384 e. The van der Waals surface area contributed by atoms with Crippen LogP contribution in [0.25, 0.3) is 0 Å². The van der Waals surface area contributed by atoms with Crippen LogP contribution in [0.1, 0.15) is 12.2 Å². The van der Waals surface area contributed by atoms with Gasteiger partial charge in [0.15, 0.2) is 0 Å². The van der Waals surface area contributed by atoms with Gasteiger partial charge in [-0.3, -0.25) is 0 Å². The maximum absolute atomic E-state index is 8.25. The number of anilines is 1. The first-order valence-electron chi connectivity index (χ1n) is 4.35. The highest BCUT2D eigenvalue weighted by Gasteiger charge is 1.96. The zero-order valence-corrected chi connectivity index (χ0v) is 7.81. The number of aromatic nitrogens is 2. The Bertz CT molecular complexity index is 321. The molecule has 0 atom stereocenters. The lowest BCUT2D eigenvalue weighted by Gasteiger charge is -2.01. The fraction of sp³-hybridized carbons (Fsp3) is 0.444. The van der Waals surface area contributed by atoms with Crippen LogP contribution in [0.15, 0.2) is 12.3 Å². The van der Waals surface area contributed by atoms with Crippen LogP contribution in [0, 0.1) is 11.3 Å². The van der Waals surface area contributed by atoms with E-state index in [1.807, 2.05) is 6.07 Å². The molecule has 0 bridgehead atoms. The third-order valence-corrected chi connectivity index (χ3v) is 1.56. The number of nitrogens with two attached hydrogens (primary N) is 1. The van der Waals surface area contributed by atoms with Crippen LogP contribution in [-0.2, 0) is 11.2 Å². The van der Waals surface area contributed by atoms with Gasteiger partial charge in [-0.25, -0.2) is 9.97 Å². The minimum Gasteiger partial charge on any atom is -0.384 e. The Morgan fingerprint density at radius 1 is 1.50 bits per heavy atom. The predicted octanol–water partition coefficient (Wildman–Crippen LogP) is 0.532. The Kier molecular flexibility index (Phi) is 4.38. The Hall–Kier alpha value is -1.67. The molecular weight excluding hydrogens is 180 g/mol. The van der Waals surface area contributed by atoms with Crippen molar-refractivity contribution in [1.82, 2.24) is 9.97 Å². The summed E-state index contributed by atoms with van der Waals surface area (Å²) in [6.45, 7) is 0.976. The molecule has 0 aliphatic carbocycles. The predicted molar refractivity (Wildman–Crippen MR) is 51.2 cm³/mol. The zero-order chi connectivity index (χ0) is 10.2. The number of rotatable bonds is 5. The van der Waals surface area contributed by atoms with Gasteiger partial charge in [0, 0.05) is 12.6 Å². The van der Waals surface area contributed by atoms with Gasteiger partial charge in [-0.2, -0.15) is 5.26 Å². The van der Waals surface area contributed by atoms with Crippen molar-refractivity contribution in [3.05, 3.63) is 18.1 Å². The minimum atomic E-state index is 0.414. The molecule has 0 unspecified atom stereocenters. The van der Waals surface area contributed by atoms with Gasteiger partial charge in [0.2, 0.25) is 0 Å². The minimum absolute atomic E-state index is 0.414. The van der Waals surface area contributed by atoms with E-state index < -0.39 is 0 Å². The van der Waals surface area contributed by atoms with Gasteiger partial charge in [-0.1, -0.05) is 0 Å². The molecule has 0 saturated carbocycles. The molecule has 1 heterocycles. The number of hydrogen-bond donors (Lipinski definition) is 1. The second-order valence-electron chi connectivity index (χ2n) is 2.67. The molecule has 5 nitrogen and oxygen atoms in total. The van der Waals surface area contributed by atoms with Gasteiger partial charge in [0.05, 0.1) is 25.7 Å². The highest BCUT2D eigenvalue weighted by Crippen LogP contribution is 1.97. The second-order valence-corrected chi connectivity index (χ2v) is 2.67. The van der Waals surface area contributed by atoms with Gasteiger partial charge in [-0.15, -0.1) is 0 Å². The smallest absolute Gasteiger partial charge is 0.132 e. The summed E-state index contributed by atoms with van der Waals surface area (Å²) in [6.07, 6.45) is 2.65. The summed E-state index contributed by atoms with van der Waals surface area (Å²) in [5.74, 6) is 1.13. The summed E-state index contributed by atoms with van der Waals surface area (Å²) < 4.78 is 5.17. The van der Waals surface area contributed by atoms with Gasteiger partial charge >= 0.3 is 0 Å². The molecule has 1 aromatic rings. The van der Waals surface area contributed by atoms with E-state index in [-0.39, 0.29) is 0 Å². The second kappa shape index (κ2) is 5.89. The quantitative estimate of drug-likeness (QED) is 0.688. The normalized spacial score (nSPS) is 9.64. The number of ether oxygens (including phenoxy) is 1. The lowest BCUT2D eigenvalue weighted by molar-refractivity contribution is 0.141.